The average Bonchev–Trinajstić information content (AvgIpc) is 2.76. The Morgan fingerprint density at radius 1 is 0.800 bits per heavy atom. The summed E-state index contributed by atoms with van der Waals surface area (Å²) in [5.74, 6) is 2.16. The van der Waals surface area contributed by atoms with Gasteiger partial charge in [-0.05, 0) is 53.1 Å². The van der Waals surface area contributed by atoms with Crippen LogP contribution in [-0.2, 0) is 19.7 Å². The second kappa shape index (κ2) is 10.9. The second-order valence-corrected chi connectivity index (χ2v) is 8.25. The van der Waals surface area contributed by atoms with Crippen LogP contribution >= 0.6 is 39.1 Å². The van der Waals surface area contributed by atoms with Crippen LogP contribution in [0, 0.1) is 0 Å². The van der Waals surface area contributed by atoms with Crippen molar-refractivity contribution in [3.05, 3.63) is 85.8 Å². The third-order valence-corrected chi connectivity index (χ3v) is 5.99. The standard InChI is InChI=1S/C23H22BrCl2NO3/c1-28-18-6-3-15(4-7-18)12-27-13-17-10-22(29-2)23(11-19(17)24)30-14-16-5-8-20(25)21(26)9-16/h3-11,27H,12-14H2,1-2H3. The highest BCUT2D eigenvalue weighted by Gasteiger charge is 2.11. The van der Waals surface area contributed by atoms with Gasteiger partial charge in [0, 0.05) is 17.6 Å². The first-order valence-corrected chi connectivity index (χ1v) is 10.8. The summed E-state index contributed by atoms with van der Waals surface area (Å²) < 4.78 is 17.6. The number of ether oxygens (including phenoxy) is 3. The van der Waals surface area contributed by atoms with Gasteiger partial charge in [-0.3, -0.25) is 0 Å². The van der Waals surface area contributed by atoms with E-state index in [9.17, 15) is 0 Å². The Hall–Kier alpha value is -1.92. The predicted octanol–water partition coefficient (Wildman–Crippen LogP) is 6.64. The summed E-state index contributed by atoms with van der Waals surface area (Å²) in [5.41, 5.74) is 3.18. The Bertz CT molecular complexity index is 996. The van der Waals surface area contributed by atoms with Crippen molar-refractivity contribution in [1.82, 2.24) is 5.32 Å². The van der Waals surface area contributed by atoms with Gasteiger partial charge in [0.05, 0.1) is 24.3 Å². The van der Waals surface area contributed by atoms with Crippen LogP contribution in [0.5, 0.6) is 17.2 Å². The maximum absolute atomic E-state index is 6.08. The molecular formula is C23H22BrCl2NO3. The Kier molecular flexibility index (Phi) is 8.28. The van der Waals surface area contributed by atoms with Crippen LogP contribution in [0.25, 0.3) is 0 Å². The number of rotatable bonds is 9. The summed E-state index contributed by atoms with van der Waals surface area (Å²) in [4.78, 5) is 0. The van der Waals surface area contributed by atoms with E-state index < -0.39 is 0 Å². The van der Waals surface area contributed by atoms with E-state index in [1.807, 2.05) is 42.5 Å². The fourth-order valence-electron chi connectivity index (χ4n) is 2.86. The molecule has 0 fully saturated rings. The minimum Gasteiger partial charge on any atom is -0.497 e. The monoisotopic (exact) mass is 509 g/mol. The van der Waals surface area contributed by atoms with Crippen molar-refractivity contribution in [3.63, 3.8) is 0 Å². The number of hydrogen-bond donors (Lipinski definition) is 1. The van der Waals surface area contributed by atoms with Crippen molar-refractivity contribution in [2.75, 3.05) is 14.2 Å². The highest BCUT2D eigenvalue weighted by atomic mass is 79.9. The van der Waals surface area contributed by atoms with E-state index >= 15 is 0 Å². The molecule has 30 heavy (non-hydrogen) atoms. The normalized spacial score (nSPS) is 10.7. The van der Waals surface area contributed by atoms with Crippen molar-refractivity contribution < 1.29 is 14.2 Å². The molecule has 0 aromatic heterocycles. The van der Waals surface area contributed by atoms with Crippen LogP contribution in [-0.4, -0.2) is 14.2 Å². The molecule has 3 rings (SSSR count). The third kappa shape index (κ3) is 6.05. The van der Waals surface area contributed by atoms with Crippen molar-refractivity contribution in [2.45, 2.75) is 19.7 Å². The topological polar surface area (TPSA) is 39.7 Å². The van der Waals surface area contributed by atoms with Crippen LogP contribution in [0.2, 0.25) is 10.0 Å². The number of hydrogen-bond acceptors (Lipinski definition) is 4. The zero-order valence-corrected chi connectivity index (χ0v) is 19.8. The van der Waals surface area contributed by atoms with E-state index in [1.165, 1.54) is 5.56 Å². The Balaban J connectivity index is 1.63. The van der Waals surface area contributed by atoms with Gasteiger partial charge in [-0.2, -0.15) is 0 Å². The van der Waals surface area contributed by atoms with Crippen LogP contribution in [0.15, 0.2) is 59.1 Å². The van der Waals surface area contributed by atoms with Crippen molar-refractivity contribution in [3.8, 4) is 17.2 Å². The van der Waals surface area contributed by atoms with E-state index in [2.05, 4.69) is 21.2 Å². The zero-order chi connectivity index (χ0) is 21.5. The maximum atomic E-state index is 6.08. The van der Waals surface area contributed by atoms with Gasteiger partial charge in [0.2, 0.25) is 0 Å². The molecule has 0 saturated carbocycles. The first-order valence-electron chi connectivity index (χ1n) is 9.27. The molecule has 0 unspecified atom stereocenters. The van der Waals surface area contributed by atoms with Crippen molar-refractivity contribution in [1.29, 1.82) is 0 Å². The Morgan fingerprint density at radius 2 is 1.53 bits per heavy atom. The van der Waals surface area contributed by atoms with E-state index in [-0.39, 0.29) is 0 Å². The van der Waals surface area contributed by atoms with Gasteiger partial charge in [0.25, 0.3) is 0 Å². The van der Waals surface area contributed by atoms with Gasteiger partial charge in [-0.1, -0.05) is 57.3 Å². The maximum Gasteiger partial charge on any atom is 0.162 e. The lowest BCUT2D eigenvalue weighted by atomic mass is 10.1. The first-order chi connectivity index (χ1) is 14.5. The molecule has 0 saturated heterocycles. The zero-order valence-electron chi connectivity index (χ0n) is 16.7. The highest BCUT2D eigenvalue weighted by Crippen LogP contribution is 2.34. The van der Waals surface area contributed by atoms with Gasteiger partial charge in [-0.25, -0.2) is 0 Å². The minimum absolute atomic E-state index is 0.356. The summed E-state index contributed by atoms with van der Waals surface area (Å²) in [7, 11) is 3.29. The first kappa shape index (κ1) is 22.8. The van der Waals surface area contributed by atoms with E-state index in [1.54, 1.807) is 26.4 Å². The number of benzene rings is 3. The van der Waals surface area contributed by atoms with Crippen LogP contribution in [0.1, 0.15) is 16.7 Å². The molecular weight excluding hydrogens is 489 g/mol. The molecule has 0 aliphatic heterocycles. The van der Waals surface area contributed by atoms with Gasteiger partial charge in [-0.15, -0.1) is 0 Å². The van der Waals surface area contributed by atoms with Crippen molar-refractivity contribution >= 4 is 39.1 Å². The molecule has 0 amide bonds. The minimum atomic E-state index is 0.356. The highest BCUT2D eigenvalue weighted by molar-refractivity contribution is 9.10. The van der Waals surface area contributed by atoms with E-state index in [4.69, 9.17) is 37.4 Å². The molecule has 3 aromatic carbocycles. The number of nitrogens with one attached hydrogen (secondary N) is 1. The molecule has 7 heteroatoms. The molecule has 0 heterocycles. The fraction of sp³-hybridized carbons (Fsp3) is 0.217. The predicted molar refractivity (Wildman–Crippen MR) is 125 cm³/mol. The molecule has 4 nitrogen and oxygen atoms in total. The summed E-state index contributed by atoms with van der Waals surface area (Å²) in [6.07, 6.45) is 0. The van der Waals surface area contributed by atoms with Crippen LogP contribution in [0.4, 0.5) is 0 Å². The molecule has 0 atom stereocenters. The Morgan fingerprint density at radius 3 is 2.20 bits per heavy atom. The molecule has 3 aromatic rings. The molecule has 0 radical (unpaired) electrons. The molecule has 0 aliphatic carbocycles. The Labute approximate surface area is 195 Å². The molecule has 0 aliphatic rings. The summed E-state index contributed by atoms with van der Waals surface area (Å²) in [6.45, 7) is 1.78. The van der Waals surface area contributed by atoms with E-state index in [0.29, 0.717) is 34.7 Å². The lowest BCUT2D eigenvalue weighted by Gasteiger charge is -2.15. The van der Waals surface area contributed by atoms with Gasteiger partial charge in [0.15, 0.2) is 11.5 Å². The number of methoxy groups -OCH3 is 2. The summed E-state index contributed by atoms with van der Waals surface area (Å²) in [5, 5.41) is 4.47. The lowest BCUT2D eigenvalue weighted by Crippen LogP contribution is -2.13. The quantitative estimate of drug-likeness (QED) is 0.350. The number of halogens is 3. The van der Waals surface area contributed by atoms with Gasteiger partial charge < -0.3 is 19.5 Å². The summed E-state index contributed by atoms with van der Waals surface area (Å²) >= 11 is 15.7. The summed E-state index contributed by atoms with van der Waals surface area (Å²) in [6, 6.07) is 17.3. The van der Waals surface area contributed by atoms with Gasteiger partial charge in [0.1, 0.15) is 12.4 Å². The smallest absolute Gasteiger partial charge is 0.162 e. The lowest BCUT2D eigenvalue weighted by molar-refractivity contribution is 0.284. The van der Waals surface area contributed by atoms with E-state index in [0.717, 1.165) is 27.9 Å². The van der Waals surface area contributed by atoms with Gasteiger partial charge >= 0.3 is 0 Å². The van der Waals surface area contributed by atoms with Crippen molar-refractivity contribution in [2.24, 2.45) is 0 Å². The average molecular weight is 511 g/mol. The molecule has 0 bridgehead atoms. The van der Waals surface area contributed by atoms with Crippen LogP contribution < -0.4 is 19.5 Å². The fourth-order valence-corrected chi connectivity index (χ4v) is 3.64. The molecule has 0 spiro atoms. The third-order valence-electron chi connectivity index (χ3n) is 4.51. The van der Waals surface area contributed by atoms with Crippen LogP contribution in [0.3, 0.4) is 0 Å². The molecule has 1 N–H and O–H groups in total. The second-order valence-electron chi connectivity index (χ2n) is 6.58. The molecule has 158 valence electrons. The largest absolute Gasteiger partial charge is 0.497 e. The SMILES string of the molecule is COc1ccc(CNCc2cc(OC)c(OCc3ccc(Cl)c(Cl)c3)cc2Br)cc1.